The van der Waals surface area contributed by atoms with Crippen molar-refractivity contribution in [3.63, 3.8) is 0 Å². The maximum atomic E-state index is 8.50. The minimum atomic E-state index is 0.115. The maximum absolute atomic E-state index is 8.50. The van der Waals surface area contributed by atoms with Gasteiger partial charge in [0.1, 0.15) is 12.2 Å². The fourth-order valence-corrected chi connectivity index (χ4v) is 0.801. The third-order valence-corrected chi connectivity index (χ3v) is 1.41. The van der Waals surface area contributed by atoms with Gasteiger partial charge in [-0.3, -0.25) is 5.10 Å². The van der Waals surface area contributed by atoms with Gasteiger partial charge in [0.25, 0.3) is 0 Å². The zero-order chi connectivity index (χ0) is 8.10. The Bertz CT molecular complexity index is 186. The van der Waals surface area contributed by atoms with Crippen LogP contribution in [0, 0.1) is 0 Å². The highest BCUT2D eigenvalue weighted by Crippen LogP contribution is 2.01. The second-order valence-electron chi connectivity index (χ2n) is 2.27. The molecule has 0 radical (unpaired) electrons. The summed E-state index contributed by atoms with van der Waals surface area (Å²) in [6.45, 7) is 2.66. The number of rotatable bonds is 4. The quantitative estimate of drug-likeness (QED) is 0.546. The number of hydrogen-bond donors (Lipinski definition) is 3. The minimum absolute atomic E-state index is 0.115. The van der Waals surface area contributed by atoms with Gasteiger partial charge < -0.3 is 10.4 Å². The van der Waals surface area contributed by atoms with Gasteiger partial charge in [-0.05, 0) is 6.92 Å². The van der Waals surface area contributed by atoms with Crippen LogP contribution in [0.25, 0.3) is 0 Å². The molecule has 0 amide bonds. The zero-order valence-electron chi connectivity index (χ0n) is 6.41. The van der Waals surface area contributed by atoms with E-state index in [2.05, 4.69) is 20.5 Å². The topological polar surface area (TPSA) is 73.8 Å². The van der Waals surface area contributed by atoms with E-state index >= 15 is 0 Å². The van der Waals surface area contributed by atoms with Crippen molar-refractivity contribution >= 4 is 0 Å². The van der Waals surface area contributed by atoms with Crippen LogP contribution < -0.4 is 5.32 Å². The van der Waals surface area contributed by atoms with Gasteiger partial charge in [-0.15, -0.1) is 0 Å². The molecule has 0 aliphatic heterocycles. The van der Waals surface area contributed by atoms with Gasteiger partial charge in [-0.1, -0.05) is 0 Å². The summed E-state index contributed by atoms with van der Waals surface area (Å²) in [6.07, 6.45) is 1.46. The summed E-state index contributed by atoms with van der Waals surface area (Å²) >= 11 is 0. The Morgan fingerprint density at radius 3 is 3.18 bits per heavy atom. The zero-order valence-corrected chi connectivity index (χ0v) is 6.41. The van der Waals surface area contributed by atoms with E-state index in [1.807, 2.05) is 6.92 Å². The summed E-state index contributed by atoms with van der Waals surface area (Å²) in [5.41, 5.74) is 0. The Morgan fingerprint density at radius 1 is 1.82 bits per heavy atom. The number of aromatic nitrogens is 3. The molecule has 0 saturated heterocycles. The normalized spacial score (nSPS) is 13.3. The first-order valence-electron chi connectivity index (χ1n) is 3.54. The smallest absolute Gasteiger partial charge is 0.141 e. The Hall–Kier alpha value is -0.940. The molecule has 1 aromatic rings. The molecule has 0 saturated carbocycles. The molecule has 1 rings (SSSR count). The fourth-order valence-electron chi connectivity index (χ4n) is 0.801. The fraction of sp³-hybridized carbons (Fsp3) is 0.667. The largest absolute Gasteiger partial charge is 0.395 e. The molecule has 1 unspecified atom stereocenters. The molecule has 0 aliphatic rings. The molecular formula is C6H12N4O. The van der Waals surface area contributed by atoms with Gasteiger partial charge in [-0.2, -0.15) is 5.10 Å². The average Bonchev–Trinajstić information content (AvgIpc) is 2.52. The van der Waals surface area contributed by atoms with Crippen molar-refractivity contribution in [1.29, 1.82) is 0 Å². The lowest BCUT2D eigenvalue weighted by atomic mass is 10.3. The molecule has 5 nitrogen and oxygen atoms in total. The number of aliphatic hydroxyl groups excluding tert-OH is 1. The predicted molar refractivity (Wildman–Crippen MR) is 39.9 cm³/mol. The molecule has 0 fully saturated rings. The van der Waals surface area contributed by atoms with Crippen molar-refractivity contribution in [3.8, 4) is 0 Å². The van der Waals surface area contributed by atoms with Crippen molar-refractivity contribution in [3.05, 3.63) is 12.2 Å². The molecule has 0 bridgehead atoms. The van der Waals surface area contributed by atoms with Crippen LogP contribution in [0.2, 0.25) is 0 Å². The van der Waals surface area contributed by atoms with Crippen LogP contribution in [0.15, 0.2) is 6.33 Å². The number of H-pyrrole nitrogens is 1. The van der Waals surface area contributed by atoms with Crippen LogP contribution in [-0.4, -0.2) is 33.4 Å². The van der Waals surface area contributed by atoms with Gasteiger partial charge in [0.05, 0.1) is 12.6 Å². The van der Waals surface area contributed by atoms with Gasteiger partial charge in [-0.25, -0.2) is 4.98 Å². The third-order valence-electron chi connectivity index (χ3n) is 1.41. The molecule has 1 heterocycles. The third kappa shape index (κ3) is 2.28. The Labute approximate surface area is 64.9 Å². The van der Waals surface area contributed by atoms with Crippen molar-refractivity contribution in [2.45, 2.75) is 13.0 Å². The average molecular weight is 156 g/mol. The van der Waals surface area contributed by atoms with E-state index in [1.54, 1.807) is 0 Å². The first-order chi connectivity index (χ1) is 5.34. The van der Waals surface area contributed by atoms with E-state index in [1.165, 1.54) is 6.33 Å². The molecule has 3 N–H and O–H groups in total. The van der Waals surface area contributed by atoms with Crippen LogP contribution in [0.5, 0.6) is 0 Å². The lowest BCUT2D eigenvalue weighted by Gasteiger charge is -2.08. The van der Waals surface area contributed by atoms with Crippen LogP contribution in [0.3, 0.4) is 0 Å². The summed E-state index contributed by atoms with van der Waals surface area (Å²) in [7, 11) is 0. The van der Waals surface area contributed by atoms with Crippen molar-refractivity contribution in [2.24, 2.45) is 0 Å². The van der Waals surface area contributed by atoms with Crippen molar-refractivity contribution in [2.75, 3.05) is 13.2 Å². The second kappa shape index (κ2) is 4.05. The molecule has 62 valence electrons. The standard InChI is InChI=1S/C6H12N4O/c1-5(7-2-3-11)6-8-4-9-10-6/h4-5,7,11H,2-3H2,1H3,(H,8,9,10). The predicted octanol–water partition coefficient (Wildman–Crippen LogP) is -0.552. The number of nitrogens with one attached hydrogen (secondary N) is 2. The highest BCUT2D eigenvalue weighted by Gasteiger charge is 2.05. The summed E-state index contributed by atoms with van der Waals surface area (Å²) in [5, 5.41) is 18.0. The van der Waals surface area contributed by atoms with Gasteiger partial charge in [0, 0.05) is 6.54 Å². The Balaban J connectivity index is 2.36. The number of aliphatic hydroxyl groups is 1. The molecular weight excluding hydrogens is 144 g/mol. The SMILES string of the molecule is CC(NCCO)c1ncn[nH]1. The van der Waals surface area contributed by atoms with Crippen LogP contribution in [0.1, 0.15) is 18.8 Å². The van der Waals surface area contributed by atoms with E-state index in [4.69, 9.17) is 5.11 Å². The first kappa shape index (κ1) is 8.16. The first-order valence-corrected chi connectivity index (χ1v) is 3.54. The summed E-state index contributed by atoms with van der Waals surface area (Å²) in [6, 6.07) is 0.115. The molecule has 0 aromatic carbocycles. The molecule has 1 aromatic heterocycles. The molecule has 1 atom stereocenters. The highest BCUT2D eigenvalue weighted by molar-refractivity contribution is 4.87. The molecule has 0 aliphatic carbocycles. The number of hydrogen-bond acceptors (Lipinski definition) is 4. The van der Waals surface area contributed by atoms with E-state index < -0.39 is 0 Å². The number of aromatic amines is 1. The second-order valence-corrected chi connectivity index (χ2v) is 2.27. The Kier molecular flexibility index (Phi) is 3.00. The van der Waals surface area contributed by atoms with Gasteiger partial charge in [0.2, 0.25) is 0 Å². The van der Waals surface area contributed by atoms with Gasteiger partial charge >= 0.3 is 0 Å². The Morgan fingerprint density at radius 2 is 2.64 bits per heavy atom. The lowest BCUT2D eigenvalue weighted by molar-refractivity contribution is 0.285. The van der Waals surface area contributed by atoms with Crippen LogP contribution >= 0.6 is 0 Å². The van der Waals surface area contributed by atoms with E-state index in [-0.39, 0.29) is 12.6 Å². The van der Waals surface area contributed by atoms with E-state index in [0.29, 0.717) is 6.54 Å². The molecule has 5 heteroatoms. The van der Waals surface area contributed by atoms with Crippen LogP contribution in [-0.2, 0) is 0 Å². The maximum Gasteiger partial charge on any atom is 0.141 e. The molecule has 0 spiro atoms. The summed E-state index contributed by atoms with van der Waals surface area (Å²) in [4.78, 5) is 3.96. The van der Waals surface area contributed by atoms with E-state index in [9.17, 15) is 0 Å². The molecule has 11 heavy (non-hydrogen) atoms. The van der Waals surface area contributed by atoms with Crippen molar-refractivity contribution < 1.29 is 5.11 Å². The highest BCUT2D eigenvalue weighted by atomic mass is 16.3. The minimum Gasteiger partial charge on any atom is -0.395 e. The van der Waals surface area contributed by atoms with E-state index in [0.717, 1.165) is 5.82 Å². The summed E-state index contributed by atoms with van der Waals surface area (Å²) in [5.74, 6) is 0.790. The lowest BCUT2D eigenvalue weighted by Crippen LogP contribution is -2.22. The van der Waals surface area contributed by atoms with Gasteiger partial charge in [0.15, 0.2) is 0 Å². The monoisotopic (exact) mass is 156 g/mol. The number of nitrogens with zero attached hydrogens (tertiary/aromatic N) is 2. The van der Waals surface area contributed by atoms with Crippen molar-refractivity contribution in [1.82, 2.24) is 20.5 Å². The van der Waals surface area contributed by atoms with Crippen LogP contribution in [0.4, 0.5) is 0 Å². The summed E-state index contributed by atoms with van der Waals surface area (Å²) < 4.78 is 0.